The number of para-hydroxylation sites is 1. The maximum atomic E-state index is 10.5. The van der Waals surface area contributed by atoms with Crippen LogP contribution in [0.5, 0.6) is 5.75 Å². The van der Waals surface area contributed by atoms with E-state index in [1.54, 1.807) is 6.07 Å². The Morgan fingerprint density at radius 1 is 0.392 bits per heavy atom. The minimum atomic E-state index is 0.167. The van der Waals surface area contributed by atoms with E-state index in [4.69, 9.17) is 9.97 Å². The summed E-state index contributed by atoms with van der Waals surface area (Å²) < 4.78 is 0. The van der Waals surface area contributed by atoms with Crippen LogP contribution < -0.4 is 16.4 Å². The number of aryl methyl sites for hydroxylation is 5. The molecule has 0 saturated heterocycles. The lowest BCUT2D eigenvalue weighted by molar-refractivity contribution is 0.477. The second-order valence-electron chi connectivity index (χ2n) is 13.8. The molecule has 4 heteroatoms. The molecule has 0 unspecified atom stereocenters. The molecule has 0 radical (unpaired) electrons. The third-order valence-corrected chi connectivity index (χ3v) is 10.4. The van der Waals surface area contributed by atoms with E-state index in [1.165, 1.54) is 49.8 Å². The molecule has 3 nitrogen and oxygen atoms in total. The molecule has 246 valence electrons. The molecule has 8 aromatic rings. The molecule has 0 saturated carbocycles. The van der Waals surface area contributed by atoms with Crippen LogP contribution in [0.2, 0.25) is 0 Å². The van der Waals surface area contributed by atoms with Gasteiger partial charge in [-0.15, -0.1) is 0 Å². The van der Waals surface area contributed by atoms with Crippen molar-refractivity contribution in [3.63, 3.8) is 0 Å². The van der Waals surface area contributed by atoms with Gasteiger partial charge >= 0.3 is 0 Å². The highest BCUT2D eigenvalue weighted by Gasteiger charge is 2.28. The highest BCUT2D eigenvalue weighted by molar-refractivity contribution is 6.96. The number of benzene rings is 7. The molecule has 8 rings (SSSR count). The molecule has 0 aliphatic heterocycles. The third kappa shape index (κ3) is 5.97. The standard InChI is InChI=1S/C47H39BN2O/c1-29-12-6-9-15-40(29)48(41-16-10-7-13-30(41)2)47-32(4)24-37(25-33(47)5)35-20-18-34(19-21-35)36-22-23-42-44(27-36)50-43-26-31(3)39(28-45(43)49-42)38-14-8-11-17-46(38)51/h6-28,51H,1-5H3. The molecular weight excluding hydrogens is 619 g/mol. The van der Waals surface area contributed by atoms with Gasteiger partial charge in [-0.3, -0.25) is 0 Å². The molecule has 7 aromatic carbocycles. The van der Waals surface area contributed by atoms with E-state index in [1.807, 2.05) is 31.2 Å². The average Bonchev–Trinajstić information content (AvgIpc) is 3.13. The Morgan fingerprint density at radius 3 is 1.53 bits per heavy atom. The van der Waals surface area contributed by atoms with Gasteiger partial charge in [-0.25, -0.2) is 9.97 Å². The summed E-state index contributed by atoms with van der Waals surface area (Å²) in [6, 6.07) is 49.0. The van der Waals surface area contributed by atoms with Gasteiger partial charge in [0.2, 0.25) is 6.71 Å². The topological polar surface area (TPSA) is 46.0 Å². The molecule has 1 aromatic heterocycles. The van der Waals surface area contributed by atoms with Gasteiger partial charge in [-0.1, -0.05) is 148 Å². The van der Waals surface area contributed by atoms with Crippen molar-refractivity contribution >= 4 is 45.2 Å². The first-order valence-corrected chi connectivity index (χ1v) is 17.6. The van der Waals surface area contributed by atoms with Crippen molar-refractivity contribution in [2.24, 2.45) is 0 Å². The summed E-state index contributed by atoms with van der Waals surface area (Å²) in [5.74, 6) is 0.261. The van der Waals surface area contributed by atoms with E-state index in [2.05, 4.69) is 137 Å². The SMILES string of the molecule is Cc1ccccc1B(c1ccccc1C)c1c(C)cc(-c2ccc(-c3ccc4nc5cc(-c6ccccc6O)c(C)cc5nc4c3)cc2)cc1C. The zero-order chi connectivity index (χ0) is 35.2. The molecule has 0 spiro atoms. The second kappa shape index (κ2) is 13.0. The minimum absolute atomic E-state index is 0.167. The lowest BCUT2D eigenvalue weighted by Crippen LogP contribution is -2.55. The summed E-state index contributed by atoms with van der Waals surface area (Å²) >= 11 is 0. The summed E-state index contributed by atoms with van der Waals surface area (Å²) in [7, 11) is 0. The summed E-state index contributed by atoms with van der Waals surface area (Å²) in [5, 5.41) is 10.5. The van der Waals surface area contributed by atoms with Gasteiger partial charge in [0.05, 0.1) is 22.1 Å². The van der Waals surface area contributed by atoms with Gasteiger partial charge in [0.15, 0.2) is 0 Å². The van der Waals surface area contributed by atoms with Crippen molar-refractivity contribution in [1.29, 1.82) is 0 Å². The summed E-state index contributed by atoms with van der Waals surface area (Å²) in [6.07, 6.45) is 0. The first-order valence-electron chi connectivity index (χ1n) is 17.6. The lowest BCUT2D eigenvalue weighted by Gasteiger charge is -2.24. The number of hydrogen-bond donors (Lipinski definition) is 1. The molecule has 0 aliphatic carbocycles. The number of aromatic nitrogens is 2. The Kier molecular flexibility index (Phi) is 8.24. The quantitative estimate of drug-likeness (QED) is 0.143. The van der Waals surface area contributed by atoms with Crippen LogP contribution in [0, 0.1) is 34.6 Å². The van der Waals surface area contributed by atoms with Crippen LogP contribution >= 0.6 is 0 Å². The Bertz CT molecular complexity index is 2540. The smallest absolute Gasteiger partial charge is 0.242 e. The summed E-state index contributed by atoms with van der Waals surface area (Å²) in [4.78, 5) is 9.98. The molecule has 0 aliphatic rings. The van der Waals surface area contributed by atoms with Gasteiger partial charge in [-0.2, -0.15) is 0 Å². The third-order valence-electron chi connectivity index (χ3n) is 10.4. The van der Waals surface area contributed by atoms with Crippen LogP contribution in [0.25, 0.3) is 55.4 Å². The van der Waals surface area contributed by atoms with E-state index in [0.717, 1.165) is 49.9 Å². The number of phenols is 1. The predicted molar refractivity (Wildman–Crippen MR) is 216 cm³/mol. The average molecular weight is 659 g/mol. The van der Waals surface area contributed by atoms with Crippen molar-refractivity contribution in [1.82, 2.24) is 9.97 Å². The largest absolute Gasteiger partial charge is 0.507 e. The van der Waals surface area contributed by atoms with Crippen molar-refractivity contribution in [3.05, 3.63) is 167 Å². The molecule has 0 amide bonds. The molecule has 0 bridgehead atoms. The molecule has 51 heavy (non-hydrogen) atoms. The monoisotopic (exact) mass is 658 g/mol. The maximum absolute atomic E-state index is 10.5. The molecular formula is C47H39BN2O. The normalized spacial score (nSPS) is 11.3. The van der Waals surface area contributed by atoms with Crippen LogP contribution in [0.1, 0.15) is 27.8 Å². The lowest BCUT2D eigenvalue weighted by atomic mass is 9.34. The van der Waals surface area contributed by atoms with Crippen LogP contribution in [0.4, 0.5) is 0 Å². The van der Waals surface area contributed by atoms with E-state index < -0.39 is 0 Å². The number of rotatable bonds is 6. The van der Waals surface area contributed by atoms with E-state index in [0.29, 0.717) is 0 Å². The van der Waals surface area contributed by atoms with E-state index in [9.17, 15) is 5.11 Å². The van der Waals surface area contributed by atoms with Crippen molar-refractivity contribution in [2.75, 3.05) is 0 Å². The van der Waals surface area contributed by atoms with Gasteiger partial charge in [-0.05, 0) is 98.3 Å². The van der Waals surface area contributed by atoms with Crippen molar-refractivity contribution in [3.8, 4) is 39.1 Å². The fraction of sp³-hybridized carbons (Fsp3) is 0.106. The van der Waals surface area contributed by atoms with Crippen LogP contribution in [0.3, 0.4) is 0 Å². The molecule has 0 fully saturated rings. The van der Waals surface area contributed by atoms with E-state index >= 15 is 0 Å². The zero-order valence-electron chi connectivity index (χ0n) is 29.7. The molecule has 1 heterocycles. The fourth-order valence-corrected chi connectivity index (χ4v) is 7.75. The summed E-state index contributed by atoms with van der Waals surface area (Å²) in [6.45, 7) is 11.2. The highest BCUT2D eigenvalue weighted by atomic mass is 16.3. The molecule has 1 N–H and O–H groups in total. The minimum Gasteiger partial charge on any atom is -0.507 e. The first kappa shape index (κ1) is 32.2. The predicted octanol–water partition coefficient (Wildman–Crippen LogP) is 9.55. The first-order chi connectivity index (χ1) is 24.7. The van der Waals surface area contributed by atoms with Gasteiger partial charge < -0.3 is 5.11 Å². The fourth-order valence-electron chi connectivity index (χ4n) is 7.75. The number of hydrogen-bond acceptors (Lipinski definition) is 3. The van der Waals surface area contributed by atoms with Gasteiger partial charge in [0.25, 0.3) is 0 Å². The Hall–Kier alpha value is -6.00. The Balaban J connectivity index is 1.12. The molecule has 0 atom stereocenters. The highest BCUT2D eigenvalue weighted by Crippen LogP contribution is 2.34. The maximum Gasteiger partial charge on any atom is 0.242 e. The van der Waals surface area contributed by atoms with E-state index in [-0.39, 0.29) is 12.5 Å². The van der Waals surface area contributed by atoms with Crippen LogP contribution in [-0.4, -0.2) is 21.8 Å². The number of nitrogens with zero attached hydrogens (tertiary/aromatic N) is 2. The van der Waals surface area contributed by atoms with Crippen LogP contribution in [-0.2, 0) is 0 Å². The van der Waals surface area contributed by atoms with Gasteiger partial charge in [0, 0.05) is 5.56 Å². The summed E-state index contributed by atoms with van der Waals surface area (Å²) in [5.41, 5.74) is 20.1. The zero-order valence-corrected chi connectivity index (χ0v) is 29.7. The van der Waals surface area contributed by atoms with Gasteiger partial charge in [0.1, 0.15) is 5.75 Å². The Morgan fingerprint density at radius 2 is 0.902 bits per heavy atom. The number of aromatic hydroxyl groups is 1. The van der Waals surface area contributed by atoms with Crippen molar-refractivity contribution < 1.29 is 5.11 Å². The Labute approximate surface area is 300 Å². The second-order valence-corrected chi connectivity index (χ2v) is 13.8. The van der Waals surface area contributed by atoms with Crippen LogP contribution in [0.15, 0.2) is 140 Å². The number of phenolic OH excluding ortho intramolecular Hbond substituents is 1. The van der Waals surface area contributed by atoms with Crippen molar-refractivity contribution in [2.45, 2.75) is 34.6 Å². The number of fused-ring (bicyclic) bond motifs is 2.